The quantitative estimate of drug-likeness (QED) is 0.778. The van der Waals surface area contributed by atoms with Crippen molar-refractivity contribution in [2.24, 2.45) is 5.92 Å². The number of aryl methyl sites for hydroxylation is 1. The molecule has 0 saturated carbocycles. The zero-order valence-electron chi connectivity index (χ0n) is 19.3. The Bertz CT molecular complexity index is 985. The summed E-state index contributed by atoms with van der Waals surface area (Å²) in [5, 5.41) is 3.04. The number of imidazole rings is 1. The predicted octanol–water partition coefficient (Wildman–Crippen LogP) is 2.77. The van der Waals surface area contributed by atoms with E-state index in [2.05, 4.69) is 51.0 Å². The Morgan fingerprint density at radius 2 is 1.97 bits per heavy atom. The molecule has 1 aromatic heterocycles. The molecule has 1 fully saturated rings. The molecule has 1 saturated heterocycles. The number of carbonyl (C=O) groups is 1. The number of hydrogen-bond donors (Lipinski definition) is 1. The van der Waals surface area contributed by atoms with E-state index in [0.29, 0.717) is 18.2 Å². The lowest BCUT2D eigenvalue weighted by Gasteiger charge is -2.31. The molecule has 0 bridgehead atoms. The molecule has 0 spiro atoms. The zero-order valence-corrected chi connectivity index (χ0v) is 19.3. The molecule has 7 nitrogen and oxygen atoms in total. The molecule has 1 N–H and O–H groups in total. The molecule has 0 radical (unpaired) electrons. The molecular weight excluding hydrogens is 404 g/mol. The second-order valence-electron chi connectivity index (χ2n) is 10.0. The Hall–Kier alpha value is -2.22. The van der Waals surface area contributed by atoms with Crippen LogP contribution in [0.5, 0.6) is 0 Å². The van der Waals surface area contributed by atoms with Crippen LogP contribution in [0.15, 0.2) is 30.5 Å². The number of aromatic nitrogens is 2. The van der Waals surface area contributed by atoms with E-state index < -0.39 is 5.79 Å². The van der Waals surface area contributed by atoms with Crippen LogP contribution >= 0.6 is 0 Å². The molecular formula is C25H34N4O3. The Morgan fingerprint density at radius 3 is 2.81 bits per heavy atom. The Morgan fingerprint density at radius 1 is 1.19 bits per heavy atom. The van der Waals surface area contributed by atoms with Crippen LogP contribution in [0.1, 0.15) is 54.6 Å². The highest BCUT2D eigenvalue weighted by molar-refractivity contribution is 5.92. The lowest BCUT2D eigenvalue weighted by Crippen LogP contribution is -2.44. The molecule has 4 heterocycles. The Kier molecular flexibility index (Phi) is 5.82. The molecule has 0 aliphatic carbocycles. The monoisotopic (exact) mass is 438 g/mol. The summed E-state index contributed by atoms with van der Waals surface area (Å²) in [6, 6.07) is 8.65. The van der Waals surface area contributed by atoms with Crippen LogP contribution in [-0.2, 0) is 35.4 Å². The van der Waals surface area contributed by atoms with Gasteiger partial charge in [-0.05, 0) is 43.7 Å². The maximum atomic E-state index is 12.8. The fourth-order valence-corrected chi connectivity index (χ4v) is 5.21. The van der Waals surface area contributed by atoms with Crippen molar-refractivity contribution < 1.29 is 14.3 Å². The molecule has 1 amide bonds. The van der Waals surface area contributed by atoms with Crippen molar-refractivity contribution in [2.75, 3.05) is 19.6 Å². The maximum absolute atomic E-state index is 12.8. The van der Waals surface area contributed by atoms with E-state index in [9.17, 15) is 4.79 Å². The van der Waals surface area contributed by atoms with Gasteiger partial charge in [0.25, 0.3) is 5.91 Å². The third-order valence-corrected chi connectivity index (χ3v) is 6.86. The number of ether oxygens (including phenoxy) is 2. The average molecular weight is 439 g/mol. The first kappa shape index (κ1) is 21.6. The molecule has 2 aromatic rings. The minimum Gasteiger partial charge on any atom is -0.348 e. The average Bonchev–Trinajstić information content (AvgIpc) is 3.31. The Labute approximate surface area is 190 Å². The van der Waals surface area contributed by atoms with E-state index in [1.807, 2.05) is 20.0 Å². The van der Waals surface area contributed by atoms with Crippen LogP contribution in [-0.4, -0.2) is 58.0 Å². The summed E-state index contributed by atoms with van der Waals surface area (Å²) in [6.45, 7) is 10.2. The van der Waals surface area contributed by atoms with E-state index in [-0.39, 0.29) is 18.1 Å². The van der Waals surface area contributed by atoms with Gasteiger partial charge in [0, 0.05) is 45.3 Å². The smallest absolute Gasteiger partial charge is 0.271 e. The van der Waals surface area contributed by atoms with Crippen LogP contribution in [0.4, 0.5) is 0 Å². The van der Waals surface area contributed by atoms with Crippen LogP contribution < -0.4 is 5.32 Å². The molecule has 3 aliphatic heterocycles. The van der Waals surface area contributed by atoms with Crippen LogP contribution in [0.3, 0.4) is 0 Å². The third kappa shape index (κ3) is 4.60. The summed E-state index contributed by atoms with van der Waals surface area (Å²) in [7, 11) is 0. The third-order valence-electron chi connectivity index (χ3n) is 6.86. The van der Waals surface area contributed by atoms with E-state index >= 15 is 0 Å². The highest BCUT2D eigenvalue weighted by Crippen LogP contribution is 2.30. The Balaban J connectivity index is 1.20. The minimum absolute atomic E-state index is 0.0911. The number of benzene rings is 1. The summed E-state index contributed by atoms with van der Waals surface area (Å²) < 4.78 is 14.5. The van der Waals surface area contributed by atoms with Crippen LogP contribution in [0, 0.1) is 5.92 Å². The topological polar surface area (TPSA) is 68.6 Å². The second kappa shape index (κ2) is 8.61. The zero-order chi connectivity index (χ0) is 22.3. The summed E-state index contributed by atoms with van der Waals surface area (Å²) in [5.74, 6) is 0.843. The molecule has 7 heteroatoms. The summed E-state index contributed by atoms with van der Waals surface area (Å²) >= 11 is 0. The lowest BCUT2D eigenvalue weighted by atomic mass is 9.99. The number of rotatable bonds is 5. The summed E-state index contributed by atoms with van der Waals surface area (Å²) in [6.07, 6.45) is 4.72. The lowest BCUT2D eigenvalue weighted by molar-refractivity contribution is -0.147. The maximum Gasteiger partial charge on any atom is 0.271 e. The van der Waals surface area contributed by atoms with Gasteiger partial charge < -0.3 is 19.4 Å². The molecule has 3 aliphatic rings. The van der Waals surface area contributed by atoms with Crippen molar-refractivity contribution in [3.8, 4) is 0 Å². The van der Waals surface area contributed by atoms with Gasteiger partial charge in [-0.25, -0.2) is 4.98 Å². The minimum atomic E-state index is -0.655. The predicted molar refractivity (Wildman–Crippen MR) is 121 cm³/mol. The first-order valence-corrected chi connectivity index (χ1v) is 11.9. The van der Waals surface area contributed by atoms with Gasteiger partial charge in [0.1, 0.15) is 23.7 Å². The van der Waals surface area contributed by atoms with Crippen molar-refractivity contribution in [3.05, 3.63) is 53.1 Å². The normalized spacial score (nSPS) is 27.0. The largest absolute Gasteiger partial charge is 0.348 e. The van der Waals surface area contributed by atoms with Crippen LogP contribution in [0.2, 0.25) is 0 Å². The molecule has 3 atom stereocenters. The van der Waals surface area contributed by atoms with E-state index in [1.54, 1.807) is 0 Å². The number of fused-ring (bicyclic) bond motifs is 2. The van der Waals surface area contributed by atoms with Crippen molar-refractivity contribution in [2.45, 2.75) is 71.1 Å². The molecule has 1 unspecified atom stereocenters. The molecule has 172 valence electrons. The number of nitrogens with one attached hydrogen (secondary N) is 1. The van der Waals surface area contributed by atoms with E-state index in [0.717, 1.165) is 51.3 Å². The van der Waals surface area contributed by atoms with Crippen molar-refractivity contribution in [1.82, 2.24) is 19.8 Å². The van der Waals surface area contributed by atoms with Gasteiger partial charge >= 0.3 is 0 Å². The van der Waals surface area contributed by atoms with Gasteiger partial charge in [0.2, 0.25) is 0 Å². The first-order chi connectivity index (χ1) is 15.4. The van der Waals surface area contributed by atoms with Crippen molar-refractivity contribution in [3.63, 3.8) is 0 Å². The standard InChI is InChI=1S/C25H34N4O3/c1-17-8-9-23-27-20(15-29(23)13-17)24(30)26-12-21-22(32-25(2,3)31-21)16-28-11-10-18-6-4-5-7-19(18)14-28/h4-7,15,17,21-22H,8-14,16H2,1-3H3,(H,26,30)/t17?,21-,22-/m0/s1. The summed E-state index contributed by atoms with van der Waals surface area (Å²) in [5.41, 5.74) is 3.32. The van der Waals surface area contributed by atoms with Gasteiger partial charge in [0.15, 0.2) is 5.79 Å². The van der Waals surface area contributed by atoms with Crippen molar-refractivity contribution in [1.29, 1.82) is 0 Å². The second-order valence-corrected chi connectivity index (χ2v) is 10.0. The molecule has 5 rings (SSSR count). The van der Waals surface area contributed by atoms with Gasteiger partial charge in [-0.2, -0.15) is 0 Å². The number of nitrogens with zero attached hydrogens (tertiary/aromatic N) is 3. The van der Waals surface area contributed by atoms with Crippen molar-refractivity contribution >= 4 is 5.91 Å². The molecule has 1 aromatic carbocycles. The van der Waals surface area contributed by atoms with Gasteiger partial charge in [-0.1, -0.05) is 31.2 Å². The van der Waals surface area contributed by atoms with Crippen LogP contribution in [0.25, 0.3) is 0 Å². The number of carbonyl (C=O) groups excluding carboxylic acids is 1. The number of amides is 1. The fraction of sp³-hybridized carbons (Fsp3) is 0.600. The first-order valence-electron chi connectivity index (χ1n) is 11.9. The number of hydrogen-bond acceptors (Lipinski definition) is 5. The highest BCUT2D eigenvalue weighted by Gasteiger charge is 2.42. The van der Waals surface area contributed by atoms with E-state index in [1.165, 1.54) is 11.1 Å². The fourth-order valence-electron chi connectivity index (χ4n) is 5.21. The van der Waals surface area contributed by atoms with E-state index in [4.69, 9.17) is 9.47 Å². The van der Waals surface area contributed by atoms with Gasteiger partial charge in [-0.15, -0.1) is 0 Å². The van der Waals surface area contributed by atoms with Gasteiger partial charge in [0.05, 0.1) is 0 Å². The summed E-state index contributed by atoms with van der Waals surface area (Å²) in [4.78, 5) is 19.8. The SMILES string of the molecule is CC1CCc2nc(C(=O)NC[C@@H]3OC(C)(C)O[C@H]3CN3CCc4ccccc4C3)cn2C1. The highest BCUT2D eigenvalue weighted by atomic mass is 16.8. The molecule has 32 heavy (non-hydrogen) atoms. The van der Waals surface area contributed by atoms with Gasteiger partial charge in [-0.3, -0.25) is 9.69 Å².